The molecular weight excluding hydrogens is 368 g/mol. The summed E-state index contributed by atoms with van der Waals surface area (Å²) in [7, 11) is 1.96. The van der Waals surface area contributed by atoms with Gasteiger partial charge in [-0.15, -0.1) is 11.3 Å². The summed E-state index contributed by atoms with van der Waals surface area (Å²) < 4.78 is 1.90. The van der Waals surface area contributed by atoms with Crippen molar-refractivity contribution in [3.63, 3.8) is 0 Å². The molecule has 3 aromatic rings. The molecule has 136 valence electrons. The number of amides is 1. The number of aromatic nitrogens is 2. The molecule has 2 aromatic heterocycles. The summed E-state index contributed by atoms with van der Waals surface area (Å²) >= 11 is 7.51. The number of hydrogen-bond acceptors (Lipinski definition) is 4. The molecule has 0 aliphatic carbocycles. The Kier molecular flexibility index (Phi) is 4.73. The van der Waals surface area contributed by atoms with Crippen LogP contribution in [0.25, 0.3) is 15.9 Å². The largest absolute Gasteiger partial charge is 0.336 e. The SMILES string of the molecule is CNC1CCCN(C(=O)c2cc3c(C)nn(-c4ccc(Cl)cc4)c3s2)C1. The van der Waals surface area contributed by atoms with Crippen molar-refractivity contribution < 1.29 is 4.79 Å². The van der Waals surface area contributed by atoms with Gasteiger partial charge in [-0.05, 0) is 57.1 Å². The van der Waals surface area contributed by atoms with Crippen molar-refractivity contribution in [1.29, 1.82) is 0 Å². The third-order valence-electron chi connectivity index (χ3n) is 4.94. The summed E-state index contributed by atoms with van der Waals surface area (Å²) in [6.07, 6.45) is 2.16. The Bertz CT molecular complexity index is 947. The summed E-state index contributed by atoms with van der Waals surface area (Å²) in [5.41, 5.74) is 1.87. The molecule has 26 heavy (non-hydrogen) atoms. The van der Waals surface area contributed by atoms with Gasteiger partial charge in [0.05, 0.1) is 16.3 Å². The highest BCUT2D eigenvalue weighted by Crippen LogP contribution is 2.31. The molecule has 1 fully saturated rings. The number of hydrogen-bond donors (Lipinski definition) is 1. The van der Waals surface area contributed by atoms with E-state index < -0.39 is 0 Å². The molecule has 1 unspecified atom stereocenters. The van der Waals surface area contributed by atoms with Crippen LogP contribution in [0, 0.1) is 6.92 Å². The zero-order chi connectivity index (χ0) is 18.3. The predicted molar refractivity (Wildman–Crippen MR) is 107 cm³/mol. The van der Waals surface area contributed by atoms with Gasteiger partial charge in [-0.1, -0.05) is 11.6 Å². The zero-order valence-electron chi connectivity index (χ0n) is 14.8. The van der Waals surface area contributed by atoms with E-state index in [9.17, 15) is 4.79 Å². The van der Waals surface area contributed by atoms with Gasteiger partial charge in [-0.2, -0.15) is 5.10 Å². The number of fused-ring (bicyclic) bond motifs is 1. The smallest absolute Gasteiger partial charge is 0.264 e. The van der Waals surface area contributed by atoms with Gasteiger partial charge in [0.25, 0.3) is 5.91 Å². The van der Waals surface area contributed by atoms with Crippen LogP contribution in [0.3, 0.4) is 0 Å². The first-order valence-corrected chi connectivity index (χ1v) is 9.98. The fourth-order valence-electron chi connectivity index (χ4n) is 3.46. The highest BCUT2D eigenvalue weighted by Gasteiger charge is 2.26. The summed E-state index contributed by atoms with van der Waals surface area (Å²) in [6.45, 7) is 3.58. The van der Waals surface area contributed by atoms with Crippen LogP contribution in [0.1, 0.15) is 28.2 Å². The quantitative estimate of drug-likeness (QED) is 0.740. The van der Waals surface area contributed by atoms with Crippen LogP contribution in [0.15, 0.2) is 30.3 Å². The standard InChI is InChI=1S/C19H21ClN4OS/c1-12-16-10-17(18(25)23-9-3-4-14(11-23)21-2)26-19(16)24(22-12)15-7-5-13(20)6-8-15/h5-8,10,14,21H,3-4,9,11H2,1-2H3. The molecule has 0 spiro atoms. The summed E-state index contributed by atoms with van der Waals surface area (Å²) in [6, 6.07) is 9.96. The van der Waals surface area contributed by atoms with E-state index in [0.29, 0.717) is 11.1 Å². The van der Waals surface area contributed by atoms with Crippen LogP contribution < -0.4 is 5.32 Å². The van der Waals surface area contributed by atoms with Crippen molar-refractivity contribution in [2.24, 2.45) is 0 Å². The first-order chi connectivity index (χ1) is 12.6. The molecule has 5 nitrogen and oxygen atoms in total. The number of nitrogens with one attached hydrogen (secondary N) is 1. The number of aryl methyl sites for hydroxylation is 1. The molecule has 1 amide bonds. The Morgan fingerprint density at radius 1 is 1.35 bits per heavy atom. The van der Waals surface area contributed by atoms with E-state index >= 15 is 0 Å². The van der Waals surface area contributed by atoms with Gasteiger partial charge in [0.2, 0.25) is 0 Å². The molecule has 0 bridgehead atoms. The maximum atomic E-state index is 13.0. The van der Waals surface area contributed by atoms with E-state index in [1.54, 1.807) is 0 Å². The Morgan fingerprint density at radius 3 is 2.85 bits per heavy atom. The first-order valence-electron chi connectivity index (χ1n) is 8.78. The lowest BCUT2D eigenvalue weighted by molar-refractivity contribution is 0.0703. The van der Waals surface area contributed by atoms with Crippen molar-refractivity contribution >= 4 is 39.1 Å². The summed E-state index contributed by atoms with van der Waals surface area (Å²) in [5, 5.41) is 9.66. The van der Waals surface area contributed by atoms with Crippen molar-refractivity contribution in [3.05, 3.63) is 45.9 Å². The van der Waals surface area contributed by atoms with Crippen molar-refractivity contribution in [2.45, 2.75) is 25.8 Å². The molecule has 7 heteroatoms. The highest BCUT2D eigenvalue weighted by atomic mass is 35.5. The molecule has 1 aromatic carbocycles. The van der Waals surface area contributed by atoms with E-state index in [1.807, 2.05) is 53.9 Å². The average molecular weight is 389 g/mol. The van der Waals surface area contributed by atoms with E-state index in [2.05, 4.69) is 10.4 Å². The average Bonchev–Trinajstić information content (AvgIpc) is 3.23. The van der Waals surface area contributed by atoms with Gasteiger partial charge in [0, 0.05) is 29.5 Å². The Hall–Kier alpha value is -1.89. The molecule has 1 saturated heterocycles. The van der Waals surface area contributed by atoms with Crippen LogP contribution >= 0.6 is 22.9 Å². The van der Waals surface area contributed by atoms with Gasteiger partial charge in [-0.25, -0.2) is 4.68 Å². The lowest BCUT2D eigenvalue weighted by atomic mass is 10.1. The Morgan fingerprint density at radius 2 is 2.12 bits per heavy atom. The van der Waals surface area contributed by atoms with Crippen molar-refractivity contribution in [3.8, 4) is 5.69 Å². The maximum absolute atomic E-state index is 13.0. The molecule has 1 atom stereocenters. The number of likely N-dealkylation sites (tertiary alicyclic amines) is 1. The van der Waals surface area contributed by atoms with E-state index in [1.165, 1.54) is 11.3 Å². The van der Waals surface area contributed by atoms with E-state index in [4.69, 9.17) is 11.6 Å². The van der Waals surface area contributed by atoms with Crippen LogP contribution in [0.2, 0.25) is 5.02 Å². The van der Waals surface area contributed by atoms with Gasteiger partial charge < -0.3 is 10.2 Å². The number of piperidine rings is 1. The number of halogens is 1. The molecule has 1 aliphatic heterocycles. The number of thiophene rings is 1. The highest BCUT2D eigenvalue weighted by molar-refractivity contribution is 7.20. The summed E-state index contributed by atoms with van der Waals surface area (Å²) in [5.74, 6) is 0.119. The number of nitrogens with zero attached hydrogens (tertiary/aromatic N) is 3. The van der Waals surface area contributed by atoms with Crippen LogP contribution in [-0.4, -0.2) is 46.8 Å². The number of likely N-dealkylation sites (N-methyl/N-ethyl adjacent to an activating group) is 1. The molecule has 1 aliphatic rings. The monoisotopic (exact) mass is 388 g/mol. The van der Waals surface area contributed by atoms with Crippen molar-refractivity contribution in [2.75, 3.05) is 20.1 Å². The van der Waals surface area contributed by atoms with Crippen LogP contribution in [0.5, 0.6) is 0 Å². The minimum atomic E-state index is 0.119. The number of rotatable bonds is 3. The molecule has 0 radical (unpaired) electrons. The minimum absolute atomic E-state index is 0.119. The second-order valence-corrected chi connectivity index (χ2v) is 8.15. The predicted octanol–water partition coefficient (Wildman–Crippen LogP) is 3.87. The van der Waals surface area contributed by atoms with Crippen LogP contribution in [0.4, 0.5) is 0 Å². The Labute approximate surface area is 161 Å². The van der Waals surface area contributed by atoms with Gasteiger partial charge in [-0.3, -0.25) is 4.79 Å². The lowest BCUT2D eigenvalue weighted by Crippen LogP contribution is -2.46. The van der Waals surface area contributed by atoms with Gasteiger partial charge >= 0.3 is 0 Å². The molecule has 3 heterocycles. The second kappa shape index (κ2) is 7.02. The summed E-state index contributed by atoms with van der Waals surface area (Å²) in [4.78, 5) is 16.7. The number of carbonyl (C=O) groups is 1. The Balaban J connectivity index is 1.68. The fraction of sp³-hybridized carbons (Fsp3) is 0.368. The minimum Gasteiger partial charge on any atom is -0.336 e. The zero-order valence-corrected chi connectivity index (χ0v) is 16.4. The second-order valence-electron chi connectivity index (χ2n) is 6.68. The normalized spacial score (nSPS) is 17.8. The molecule has 0 saturated carbocycles. The van der Waals surface area contributed by atoms with Gasteiger partial charge in [0.1, 0.15) is 4.83 Å². The third-order valence-corrected chi connectivity index (χ3v) is 6.29. The molecule has 4 rings (SSSR count). The van der Waals surface area contributed by atoms with Crippen molar-refractivity contribution in [1.82, 2.24) is 20.0 Å². The lowest BCUT2D eigenvalue weighted by Gasteiger charge is -2.32. The van der Waals surface area contributed by atoms with E-state index in [0.717, 1.165) is 52.4 Å². The number of carbonyl (C=O) groups excluding carboxylic acids is 1. The maximum Gasteiger partial charge on any atom is 0.264 e. The van der Waals surface area contributed by atoms with Gasteiger partial charge in [0.15, 0.2) is 0 Å². The van der Waals surface area contributed by atoms with Crippen LogP contribution in [-0.2, 0) is 0 Å². The fourth-order valence-corrected chi connectivity index (χ4v) is 4.74. The van der Waals surface area contributed by atoms with E-state index in [-0.39, 0.29) is 5.91 Å². The molecule has 1 N–H and O–H groups in total. The molecular formula is C19H21ClN4OS. The number of benzene rings is 1. The topological polar surface area (TPSA) is 50.2 Å². The third kappa shape index (κ3) is 3.13. The first kappa shape index (κ1) is 17.5.